The molecule has 0 radical (unpaired) electrons. The first kappa shape index (κ1) is 16.6. The number of likely N-dealkylation sites (tertiary alicyclic amines) is 1. The zero-order chi connectivity index (χ0) is 13.9. The van der Waals surface area contributed by atoms with Crippen molar-refractivity contribution in [3.63, 3.8) is 0 Å². The monoisotopic (exact) mass is 310 g/mol. The van der Waals surface area contributed by atoms with Crippen LogP contribution in [-0.4, -0.2) is 37.2 Å². The number of ether oxygens (including phenoxy) is 1. The van der Waals surface area contributed by atoms with E-state index in [0.717, 1.165) is 44.2 Å². The maximum atomic E-state index is 5.94. The van der Waals surface area contributed by atoms with Gasteiger partial charge in [-0.05, 0) is 48.9 Å². The summed E-state index contributed by atoms with van der Waals surface area (Å²) in [5.74, 6) is 1.91. The van der Waals surface area contributed by atoms with Gasteiger partial charge in [0, 0.05) is 25.6 Å². The van der Waals surface area contributed by atoms with Crippen molar-refractivity contribution in [3.8, 4) is 5.75 Å². The third-order valence-electron chi connectivity index (χ3n) is 4.81. The Hall–Kier alpha value is -0.770. The number of nitrogens with zero attached hydrogens (tertiary/aromatic N) is 1. The summed E-state index contributed by atoms with van der Waals surface area (Å²) in [6.45, 7) is 6.33. The molecule has 2 atom stereocenters. The number of hydrogen-bond acceptors (Lipinski definition) is 3. The van der Waals surface area contributed by atoms with Crippen molar-refractivity contribution >= 4 is 12.4 Å². The van der Waals surface area contributed by atoms with Crippen LogP contribution in [0.4, 0.5) is 0 Å². The molecular formula is C17H27ClN2O. The van der Waals surface area contributed by atoms with Gasteiger partial charge in [-0.2, -0.15) is 0 Å². The molecule has 1 saturated heterocycles. The molecule has 2 heterocycles. The fraction of sp³-hybridized carbons (Fsp3) is 0.647. The van der Waals surface area contributed by atoms with E-state index < -0.39 is 0 Å². The number of hydrogen-bond donors (Lipinski definition) is 1. The molecule has 2 unspecified atom stereocenters. The lowest BCUT2D eigenvalue weighted by molar-refractivity contribution is 0.124. The molecule has 2 aliphatic heterocycles. The molecular weight excluding hydrogens is 284 g/mol. The standard InChI is InChI=1S/C17H26N2O.ClH/c1-13-4-7-19(16(10-13)12-18)8-5-14-2-3-17-15(11-14)6-9-20-17;/h2-3,11,13,16H,4-10,12,18H2,1H3;1H. The molecule has 3 rings (SSSR count). The highest BCUT2D eigenvalue weighted by Crippen LogP contribution is 2.27. The van der Waals surface area contributed by atoms with Crippen LogP contribution in [0.3, 0.4) is 0 Å². The van der Waals surface area contributed by atoms with Crippen LogP contribution in [0.1, 0.15) is 30.9 Å². The average Bonchev–Trinajstić information content (AvgIpc) is 2.93. The van der Waals surface area contributed by atoms with E-state index >= 15 is 0 Å². The summed E-state index contributed by atoms with van der Waals surface area (Å²) in [7, 11) is 0. The number of fused-ring (bicyclic) bond motifs is 1. The van der Waals surface area contributed by atoms with Crippen molar-refractivity contribution in [2.24, 2.45) is 11.7 Å². The molecule has 0 aromatic heterocycles. The number of rotatable bonds is 4. The lowest BCUT2D eigenvalue weighted by Crippen LogP contribution is -2.46. The Morgan fingerprint density at radius 1 is 1.38 bits per heavy atom. The van der Waals surface area contributed by atoms with Crippen molar-refractivity contribution < 1.29 is 4.74 Å². The molecule has 0 saturated carbocycles. The molecule has 0 amide bonds. The fourth-order valence-corrected chi connectivity index (χ4v) is 3.51. The Labute approximate surface area is 134 Å². The predicted octanol–water partition coefficient (Wildman–Crippen LogP) is 2.65. The van der Waals surface area contributed by atoms with Crippen LogP contribution >= 0.6 is 12.4 Å². The third kappa shape index (κ3) is 3.91. The van der Waals surface area contributed by atoms with E-state index in [9.17, 15) is 0 Å². The van der Waals surface area contributed by atoms with Crippen molar-refractivity contribution in [2.45, 2.75) is 38.6 Å². The van der Waals surface area contributed by atoms with Gasteiger partial charge in [0.2, 0.25) is 0 Å². The number of benzene rings is 1. The molecule has 0 aliphatic carbocycles. The average molecular weight is 311 g/mol. The molecule has 118 valence electrons. The van der Waals surface area contributed by atoms with E-state index in [2.05, 4.69) is 30.0 Å². The minimum Gasteiger partial charge on any atom is -0.493 e. The SMILES string of the molecule is CC1CCN(CCc2ccc3c(c2)CCO3)C(CN)C1.Cl. The van der Waals surface area contributed by atoms with Crippen LogP contribution in [0.25, 0.3) is 0 Å². The first-order valence-corrected chi connectivity index (χ1v) is 7.95. The van der Waals surface area contributed by atoms with Gasteiger partial charge < -0.3 is 10.5 Å². The van der Waals surface area contributed by atoms with Crippen molar-refractivity contribution in [3.05, 3.63) is 29.3 Å². The highest BCUT2D eigenvalue weighted by molar-refractivity contribution is 5.85. The van der Waals surface area contributed by atoms with E-state index in [1.807, 2.05) is 0 Å². The van der Waals surface area contributed by atoms with Crippen molar-refractivity contribution in [1.82, 2.24) is 4.90 Å². The Morgan fingerprint density at radius 3 is 3.05 bits per heavy atom. The van der Waals surface area contributed by atoms with Crippen LogP contribution in [0.5, 0.6) is 5.75 Å². The summed E-state index contributed by atoms with van der Waals surface area (Å²) >= 11 is 0. The second-order valence-corrected chi connectivity index (χ2v) is 6.35. The largest absolute Gasteiger partial charge is 0.493 e. The van der Waals surface area contributed by atoms with Gasteiger partial charge in [0.15, 0.2) is 0 Å². The minimum absolute atomic E-state index is 0. The molecule has 0 bridgehead atoms. The summed E-state index contributed by atoms with van der Waals surface area (Å²) in [4.78, 5) is 2.59. The van der Waals surface area contributed by atoms with Crippen LogP contribution in [0, 0.1) is 5.92 Å². The van der Waals surface area contributed by atoms with Gasteiger partial charge in [-0.15, -0.1) is 12.4 Å². The highest BCUT2D eigenvalue weighted by Gasteiger charge is 2.24. The van der Waals surface area contributed by atoms with Gasteiger partial charge >= 0.3 is 0 Å². The molecule has 1 aromatic carbocycles. The second-order valence-electron chi connectivity index (χ2n) is 6.35. The summed E-state index contributed by atoms with van der Waals surface area (Å²) in [5.41, 5.74) is 8.75. The maximum Gasteiger partial charge on any atom is 0.122 e. The van der Waals surface area contributed by atoms with Gasteiger partial charge in [-0.3, -0.25) is 4.90 Å². The molecule has 2 N–H and O–H groups in total. The zero-order valence-corrected chi connectivity index (χ0v) is 13.7. The number of nitrogens with two attached hydrogens (primary N) is 1. The second kappa shape index (κ2) is 7.48. The number of halogens is 1. The van der Waals surface area contributed by atoms with E-state index in [1.165, 1.54) is 30.5 Å². The van der Waals surface area contributed by atoms with Crippen LogP contribution < -0.4 is 10.5 Å². The topological polar surface area (TPSA) is 38.5 Å². The van der Waals surface area contributed by atoms with Gasteiger partial charge in [0.05, 0.1) is 6.61 Å². The Morgan fingerprint density at radius 2 is 2.24 bits per heavy atom. The zero-order valence-electron chi connectivity index (χ0n) is 12.9. The van der Waals surface area contributed by atoms with Gasteiger partial charge in [-0.25, -0.2) is 0 Å². The van der Waals surface area contributed by atoms with E-state index in [4.69, 9.17) is 10.5 Å². The minimum atomic E-state index is 0. The van der Waals surface area contributed by atoms with Crippen LogP contribution in [0.15, 0.2) is 18.2 Å². The van der Waals surface area contributed by atoms with Crippen LogP contribution in [-0.2, 0) is 12.8 Å². The van der Waals surface area contributed by atoms with Gasteiger partial charge in [0.25, 0.3) is 0 Å². The highest BCUT2D eigenvalue weighted by atomic mass is 35.5. The van der Waals surface area contributed by atoms with E-state index in [0.29, 0.717) is 6.04 Å². The van der Waals surface area contributed by atoms with Crippen molar-refractivity contribution in [2.75, 3.05) is 26.2 Å². The molecule has 2 aliphatic rings. The molecule has 4 heteroatoms. The molecule has 3 nitrogen and oxygen atoms in total. The summed E-state index contributed by atoms with van der Waals surface area (Å²) in [6.07, 6.45) is 4.76. The maximum absolute atomic E-state index is 5.94. The normalized spacial score (nSPS) is 25.0. The third-order valence-corrected chi connectivity index (χ3v) is 4.81. The summed E-state index contributed by atoms with van der Waals surface area (Å²) < 4.78 is 5.57. The smallest absolute Gasteiger partial charge is 0.122 e. The van der Waals surface area contributed by atoms with Crippen molar-refractivity contribution in [1.29, 1.82) is 0 Å². The summed E-state index contributed by atoms with van der Waals surface area (Å²) in [6, 6.07) is 7.26. The first-order chi connectivity index (χ1) is 9.76. The first-order valence-electron chi connectivity index (χ1n) is 7.95. The molecule has 0 spiro atoms. The quantitative estimate of drug-likeness (QED) is 0.929. The Kier molecular flexibility index (Phi) is 5.91. The molecule has 1 fully saturated rings. The number of piperidine rings is 1. The summed E-state index contributed by atoms with van der Waals surface area (Å²) in [5, 5.41) is 0. The molecule has 1 aromatic rings. The van der Waals surface area contributed by atoms with E-state index in [-0.39, 0.29) is 12.4 Å². The van der Waals surface area contributed by atoms with Crippen LogP contribution in [0.2, 0.25) is 0 Å². The van der Waals surface area contributed by atoms with E-state index in [1.54, 1.807) is 0 Å². The Balaban J connectivity index is 0.00000161. The predicted molar refractivity (Wildman–Crippen MR) is 89.4 cm³/mol. The Bertz CT molecular complexity index is 466. The fourth-order valence-electron chi connectivity index (χ4n) is 3.51. The molecule has 21 heavy (non-hydrogen) atoms. The van der Waals surface area contributed by atoms with Gasteiger partial charge in [-0.1, -0.05) is 19.1 Å². The van der Waals surface area contributed by atoms with Gasteiger partial charge in [0.1, 0.15) is 5.75 Å². The lowest BCUT2D eigenvalue weighted by Gasteiger charge is -2.38. The lowest BCUT2D eigenvalue weighted by atomic mass is 9.92.